The summed E-state index contributed by atoms with van der Waals surface area (Å²) < 4.78 is 5.01. The molecular formula is C12H21N3O. The van der Waals surface area contributed by atoms with Gasteiger partial charge in [-0.25, -0.2) is 0 Å². The molecule has 4 nitrogen and oxygen atoms in total. The number of ether oxygens (including phenoxy) is 1. The maximum absolute atomic E-state index is 5.88. The summed E-state index contributed by atoms with van der Waals surface area (Å²) in [5, 5.41) is 0. The van der Waals surface area contributed by atoms with Crippen molar-refractivity contribution in [3.05, 3.63) is 30.1 Å². The Bertz CT molecular complexity index is 279. The molecule has 1 aromatic heterocycles. The quantitative estimate of drug-likeness (QED) is 0.732. The van der Waals surface area contributed by atoms with Crippen molar-refractivity contribution >= 4 is 0 Å². The van der Waals surface area contributed by atoms with Crippen LogP contribution >= 0.6 is 0 Å². The fourth-order valence-electron chi connectivity index (χ4n) is 1.62. The van der Waals surface area contributed by atoms with E-state index in [1.165, 1.54) is 5.56 Å². The van der Waals surface area contributed by atoms with Crippen LogP contribution in [0.15, 0.2) is 24.5 Å². The van der Waals surface area contributed by atoms with Gasteiger partial charge in [0.25, 0.3) is 0 Å². The van der Waals surface area contributed by atoms with Crippen LogP contribution in [0.4, 0.5) is 0 Å². The van der Waals surface area contributed by atoms with Crippen molar-refractivity contribution in [2.45, 2.75) is 12.5 Å². The minimum Gasteiger partial charge on any atom is -0.383 e. The maximum atomic E-state index is 5.88. The molecule has 0 fully saturated rings. The smallest absolute Gasteiger partial charge is 0.0626 e. The normalized spacial score (nSPS) is 13.0. The zero-order valence-corrected chi connectivity index (χ0v) is 10.1. The molecule has 1 rings (SSSR count). The second kappa shape index (κ2) is 7.33. The monoisotopic (exact) mass is 223 g/mol. The molecule has 0 aliphatic carbocycles. The highest BCUT2D eigenvalue weighted by Crippen LogP contribution is 1.98. The number of hydrogen-bond donors (Lipinski definition) is 1. The lowest BCUT2D eigenvalue weighted by Gasteiger charge is -2.20. The minimum atomic E-state index is 0.0869. The highest BCUT2D eigenvalue weighted by Gasteiger charge is 2.06. The third kappa shape index (κ3) is 5.21. The average molecular weight is 223 g/mol. The van der Waals surface area contributed by atoms with Crippen LogP contribution < -0.4 is 5.73 Å². The van der Waals surface area contributed by atoms with Gasteiger partial charge in [-0.15, -0.1) is 0 Å². The number of likely N-dealkylation sites (N-methyl/N-ethyl adjacent to an activating group) is 1. The third-order valence-corrected chi connectivity index (χ3v) is 2.43. The molecule has 4 heteroatoms. The van der Waals surface area contributed by atoms with Crippen LogP contribution in [0.25, 0.3) is 0 Å². The lowest BCUT2D eigenvalue weighted by molar-refractivity contribution is 0.161. The van der Waals surface area contributed by atoms with Crippen LogP contribution in [-0.4, -0.2) is 49.8 Å². The van der Waals surface area contributed by atoms with E-state index in [0.717, 1.165) is 19.5 Å². The van der Waals surface area contributed by atoms with Crippen molar-refractivity contribution in [1.29, 1.82) is 0 Å². The number of nitrogens with two attached hydrogens (primary N) is 1. The highest BCUT2D eigenvalue weighted by molar-refractivity contribution is 5.08. The first-order valence-corrected chi connectivity index (χ1v) is 5.54. The molecule has 0 aliphatic rings. The average Bonchev–Trinajstić information content (AvgIpc) is 2.28. The zero-order chi connectivity index (χ0) is 11.8. The molecule has 0 amide bonds. The molecule has 0 saturated carbocycles. The van der Waals surface area contributed by atoms with Crippen LogP contribution in [0, 0.1) is 0 Å². The fourth-order valence-corrected chi connectivity index (χ4v) is 1.62. The predicted molar refractivity (Wildman–Crippen MR) is 65.3 cm³/mol. The van der Waals surface area contributed by atoms with Gasteiger partial charge >= 0.3 is 0 Å². The van der Waals surface area contributed by atoms with E-state index in [9.17, 15) is 0 Å². The van der Waals surface area contributed by atoms with Gasteiger partial charge in [-0.05, 0) is 25.1 Å². The van der Waals surface area contributed by atoms with E-state index in [4.69, 9.17) is 10.5 Å². The van der Waals surface area contributed by atoms with E-state index in [1.807, 2.05) is 12.3 Å². The topological polar surface area (TPSA) is 51.4 Å². The van der Waals surface area contributed by atoms with Crippen LogP contribution in [0.5, 0.6) is 0 Å². The second-order valence-electron chi connectivity index (χ2n) is 4.09. The standard InChI is InChI=1S/C12H21N3O/c1-15(9-12(13)10-16-2)7-5-11-4-3-6-14-8-11/h3-4,6,8,12H,5,7,9-10,13H2,1-2H3. The van der Waals surface area contributed by atoms with Gasteiger partial charge in [0, 0.05) is 38.6 Å². The summed E-state index contributed by atoms with van der Waals surface area (Å²) in [4.78, 5) is 6.31. The van der Waals surface area contributed by atoms with E-state index in [1.54, 1.807) is 13.3 Å². The molecule has 2 N–H and O–H groups in total. The Morgan fingerprint density at radius 3 is 3.00 bits per heavy atom. The lowest BCUT2D eigenvalue weighted by atomic mass is 10.2. The number of pyridine rings is 1. The number of nitrogens with zero attached hydrogens (tertiary/aromatic N) is 2. The molecule has 0 bridgehead atoms. The first kappa shape index (κ1) is 13.1. The third-order valence-electron chi connectivity index (χ3n) is 2.43. The van der Waals surface area contributed by atoms with Crippen LogP contribution in [-0.2, 0) is 11.2 Å². The van der Waals surface area contributed by atoms with E-state index < -0.39 is 0 Å². The van der Waals surface area contributed by atoms with Crippen molar-refractivity contribution in [3.8, 4) is 0 Å². The molecule has 1 aromatic rings. The van der Waals surface area contributed by atoms with Gasteiger partial charge in [-0.1, -0.05) is 6.07 Å². The van der Waals surface area contributed by atoms with Gasteiger partial charge in [-0.2, -0.15) is 0 Å². The molecule has 16 heavy (non-hydrogen) atoms. The molecule has 0 aromatic carbocycles. The molecule has 1 heterocycles. The molecule has 0 radical (unpaired) electrons. The van der Waals surface area contributed by atoms with E-state index in [2.05, 4.69) is 23.0 Å². The van der Waals surface area contributed by atoms with Crippen LogP contribution in [0.3, 0.4) is 0 Å². The summed E-state index contributed by atoms with van der Waals surface area (Å²) in [5.41, 5.74) is 7.13. The van der Waals surface area contributed by atoms with E-state index in [0.29, 0.717) is 6.61 Å². The van der Waals surface area contributed by atoms with Crippen molar-refractivity contribution in [1.82, 2.24) is 9.88 Å². The first-order chi connectivity index (χ1) is 7.72. The largest absolute Gasteiger partial charge is 0.383 e. The number of hydrogen-bond acceptors (Lipinski definition) is 4. The molecule has 0 spiro atoms. The van der Waals surface area contributed by atoms with Crippen LogP contribution in [0.2, 0.25) is 0 Å². The molecule has 90 valence electrons. The Morgan fingerprint density at radius 2 is 2.38 bits per heavy atom. The first-order valence-electron chi connectivity index (χ1n) is 5.54. The maximum Gasteiger partial charge on any atom is 0.0626 e. The molecule has 1 unspecified atom stereocenters. The second-order valence-corrected chi connectivity index (χ2v) is 4.09. The van der Waals surface area contributed by atoms with E-state index >= 15 is 0 Å². The van der Waals surface area contributed by atoms with E-state index in [-0.39, 0.29) is 6.04 Å². The van der Waals surface area contributed by atoms with Crippen molar-refractivity contribution in [3.63, 3.8) is 0 Å². The number of aromatic nitrogens is 1. The minimum absolute atomic E-state index is 0.0869. The Kier molecular flexibility index (Phi) is 6.00. The lowest BCUT2D eigenvalue weighted by Crippen LogP contribution is -2.39. The summed E-state index contributed by atoms with van der Waals surface area (Å²) in [7, 11) is 3.75. The molecule has 0 saturated heterocycles. The van der Waals surface area contributed by atoms with Gasteiger partial charge in [0.05, 0.1) is 6.61 Å². The van der Waals surface area contributed by atoms with Gasteiger partial charge in [0.15, 0.2) is 0 Å². The Labute approximate surface area is 97.4 Å². The van der Waals surface area contributed by atoms with Gasteiger partial charge < -0.3 is 15.4 Å². The zero-order valence-electron chi connectivity index (χ0n) is 10.1. The van der Waals surface area contributed by atoms with Gasteiger partial charge in [0.2, 0.25) is 0 Å². The molecular weight excluding hydrogens is 202 g/mol. The summed E-state index contributed by atoms with van der Waals surface area (Å²) in [6, 6.07) is 4.14. The predicted octanol–water partition coefficient (Wildman–Crippen LogP) is 0.530. The van der Waals surface area contributed by atoms with Gasteiger partial charge in [0.1, 0.15) is 0 Å². The van der Waals surface area contributed by atoms with Gasteiger partial charge in [-0.3, -0.25) is 4.98 Å². The summed E-state index contributed by atoms with van der Waals surface area (Å²) >= 11 is 0. The summed E-state index contributed by atoms with van der Waals surface area (Å²) in [6.45, 7) is 2.45. The molecule has 1 atom stereocenters. The molecule has 0 aliphatic heterocycles. The Hall–Kier alpha value is -0.970. The number of methoxy groups -OCH3 is 1. The summed E-state index contributed by atoms with van der Waals surface area (Å²) in [6.07, 6.45) is 4.70. The summed E-state index contributed by atoms with van der Waals surface area (Å²) in [5.74, 6) is 0. The number of rotatable bonds is 7. The Morgan fingerprint density at radius 1 is 1.56 bits per heavy atom. The fraction of sp³-hybridized carbons (Fsp3) is 0.583. The van der Waals surface area contributed by atoms with Crippen LogP contribution in [0.1, 0.15) is 5.56 Å². The van der Waals surface area contributed by atoms with Crippen molar-refractivity contribution < 1.29 is 4.74 Å². The Balaban J connectivity index is 2.22. The van der Waals surface area contributed by atoms with Crippen molar-refractivity contribution in [2.24, 2.45) is 5.73 Å². The highest BCUT2D eigenvalue weighted by atomic mass is 16.5. The van der Waals surface area contributed by atoms with Crippen molar-refractivity contribution in [2.75, 3.05) is 33.9 Å². The SMILES string of the molecule is COCC(N)CN(C)CCc1cccnc1.